The van der Waals surface area contributed by atoms with Gasteiger partial charge in [-0.2, -0.15) is 5.26 Å². The third-order valence-corrected chi connectivity index (χ3v) is 3.83. The van der Waals surface area contributed by atoms with Crippen molar-refractivity contribution in [2.45, 2.75) is 12.2 Å². The number of hydrogen-bond acceptors (Lipinski definition) is 5. The Morgan fingerprint density at radius 3 is 2.67 bits per heavy atom. The summed E-state index contributed by atoms with van der Waals surface area (Å²) in [5.41, 5.74) is -0.706. The summed E-state index contributed by atoms with van der Waals surface area (Å²) in [7, 11) is -4.01. The summed E-state index contributed by atoms with van der Waals surface area (Å²) in [6.07, 6.45) is 0. The lowest BCUT2D eigenvalue weighted by Gasteiger charge is -2.09. The van der Waals surface area contributed by atoms with Crippen LogP contribution in [0.3, 0.4) is 0 Å². The largest absolute Gasteiger partial charge is 0.293 e. The van der Waals surface area contributed by atoms with Gasteiger partial charge >= 0.3 is 0 Å². The second kappa shape index (κ2) is 5.20. The number of nitrogens with one attached hydrogen (secondary N) is 1. The molecule has 1 unspecified atom stereocenters. The summed E-state index contributed by atoms with van der Waals surface area (Å²) in [4.78, 5) is 9.98. The average Bonchev–Trinajstić information content (AvgIpc) is 2.26. The predicted molar refractivity (Wildman–Crippen MR) is 65.7 cm³/mol. The molecule has 0 aliphatic heterocycles. The van der Waals surface area contributed by atoms with Crippen molar-refractivity contribution in [2.75, 3.05) is 4.72 Å². The predicted octanol–water partition coefficient (Wildman–Crippen LogP) is 1.90. The number of benzene rings is 1. The van der Waals surface area contributed by atoms with Crippen molar-refractivity contribution in [1.29, 1.82) is 5.26 Å². The van der Waals surface area contributed by atoms with Crippen LogP contribution in [0.15, 0.2) is 18.2 Å². The van der Waals surface area contributed by atoms with Crippen LogP contribution in [-0.4, -0.2) is 18.6 Å². The van der Waals surface area contributed by atoms with E-state index in [1.54, 1.807) is 0 Å². The zero-order valence-electron chi connectivity index (χ0n) is 9.12. The van der Waals surface area contributed by atoms with E-state index in [-0.39, 0.29) is 10.7 Å². The highest BCUT2D eigenvalue weighted by Gasteiger charge is 2.24. The summed E-state index contributed by atoms with van der Waals surface area (Å²) in [5, 5.41) is 18.1. The fourth-order valence-corrected chi connectivity index (χ4v) is 2.02. The Balaban J connectivity index is 3.23. The quantitative estimate of drug-likeness (QED) is 0.671. The molecule has 0 fully saturated rings. The van der Waals surface area contributed by atoms with Crippen molar-refractivity contribution in [3.63, 3.8) is 0 Å². The van der Waals surface area contributed by atoms with Crippen molar-refractivity contribution in [3.05, 3.63) is 33.3 Å². The molecule has 0 heterocycles. The highest BCUT2D eigenvalue weighted by atomic mass is 35.5. The monoisotopic (exact) mass is 289 g/mol. The standard InChI is InChI=1S/C9H8ClN3O4S/c1-6(5-11)18(16,17)12-8-4-7(10)2-3-9(8)13(14)15/h2-4,6,12H,1H3. The van der Waals surface area contributed by atoms with E-state index in [1.165, 1.54) is 19.1 Å². The lowest BCUT2D eigenvalue weighted by molar-refractivity contribution is -0.383. The Morgan fingerprint density at radius 2 is 2.17 bits per heavy atom. The average molecular weight is 290 g/mol. The van der Waals surface area contributed by atoms with Gasteiger partial charge in [0.15, 0.2) is 5.25 Å². The van der Waals surface area contributed by atoms with Crippen LogP contribution in [0.25, 0.3) is 0 Å². The fraction of sp³-hybridized carbons (Fsp3) is 0.222. The molecular weight excluding hydrogens is 282 g/mol. The van der Waals surface area contributed by atoms with E-state index in [4.69, 9.17) is 16.9 Å². The number of anilines is 1. The van der Waals surface area contributed by atoms with Gasteiger partial charge < -0.3 is 0 Å². The number of sulfonamides is 1. The molecule has 0 saturated carbocycles. The Morgan fingerprint density at radius 1 is 1.56 bits per heavy atom. The van der Waals surface area contributed by atoms with Crippen molar-refractivity contribution in [3.8, 4) is 6.07 Å². The SMILES string of the molecule is CC(C#N)S(=O)(=O)Nc1cc(Cl)ccc1[N+](=O)[O-]. The van der Waals surface area contributed by atoms with Gasteiger partial charge in [-0.05, 0) is 19.1 Å². The lowest BCUT2D eigenvalue weighted by atomic mass is 10.3. The van der Waals surface area contributed by atoms with E-state index in [1.807, 2.05) is 4.72 Å². The molecule has 9 heteroatoms. The molecule has 0 aromatic heterocycles. The van der Waals surface area contributed by atoms with Crippen LogP contribution in [-0.2, 0) is 10.0 Å². The van der Waals surface area contributed by atoms with E-state index < -0.39 is 25.9 Å². The van der Waals surface area contributed by atoms with Crippen LogP contribution in [0.1, 0.15) is 6.92 Å². The third kappa shape index (κ3) is 3.09. The van der Waals surface area contributed by atoms with Crippen molar-refractivity contribution < 1.29 is 13.3 Å². The van der Waals surface area contributed by atoms with E-state index >= 15 is 0 Å². The summed E-state index contributed by atoms with van der Waals surface area (Å²) < 4.78 is 25.2. The van der Waals surface area contributed by atoms with Gasteiger partial charge in [-0.1, -0.05) is 11.6 Å². The Labute approximate surface area is 108 Å². The zero-order valence-corrected chi connectivity index (χ0v) is 10.7. The molecule has 1 rings (SSSR count). The molecule has 18 heavy (non-hydrogen) atoms. The Hall–Kier alpha value is -1.85. The number of nitro groups is 1. The summed E-state index contributed by atoms with van der Waals surface area (Å²) >= 11 is 5.64. The van der Waals surface area contributed by atoms with Crippen LogP contribution < -0.4 is 4.72 Å². The molecule has 1 aromatic rings. The molecule has 1 aromatic carbocycles. The van der Waals surface area contributed by atoms with Crippen LogP contribution in [0.2, 0.25) is 5.02 Å². The molecule has 96 valence electrons. The number of halogens is 1. The maximum Gasteiger partial charge on any atom is 0.293 e. The Bertz CT molecular complexity index is 623. The van der Waals surface area contributed by atoms with E-state index in [0.717, 1.165) is 12.1 Å². The Kier molecular flexibility index (Phi) is 4.11. The minimum Gasteiger partial charge on any atom is -0.276 e. The summed E-state index contributed by atoms with van der Waals surface area (Å²) in [6.45, 7) is 1.17. The third-order valence-electron chi connectivity index (χ3n) is 2.05. The second-order valence-corrected chi connectivity index (χ2v) is 5.77. The molecule has 0 amide bonds. The van der Waals surface area contributed by atoms with Crippen LogP contribution in [0, 0.1) is 21.4 Å². The van der Waals surface area contributed by atoms with Gasteiger partial charge in [0.2, 0.25) is 10.0 Å². The van der Waals surface area contributed by atoms with Gasteiger partial charge in [-0.15, -0.1) is 0 Å². The first-order valence-electron chi connectivity index (χ1n) is 4.63. The molecule has 0 bridgehead atoms. The number of rotatable bonds is 4. The van der Waals surface area contributed by atoms with Crippen molar-refractivity contribution >= 4 is 33.0 Å². The van der Waals surface area contributed by atoms with E-state index in [2.05, 4.69) is 0 Å². The van der Waals surface area contributed by atoms with Crippen LogP contribution in [0.4, 0.5) is 11.4 Å². The van der Waals surface area contributed by atoms with Gasteiger partial charge in [0.05, 0.1) is 11.0 Å². The molecule has 0 aliphatic carbocycles. The number of nitriles is 1. The first-order chi connectivity index (χ1) is 8.27. The molecule has 1 N–H and O–H groups in total. The molecule has 0 spiro atoms. The lowest BCUT2D eigenvalue weighted by Crippen LogP contribution is -2.24. The van der Waals surface area contributed by atoms with Gasteiger partial charge in [-0.3, -0.25) is 14.8 Å². The number of hydrogen-bond donors (Lipinski definition) is 1. The maximum atomic E-state index is 11.6. The normalized spacial score (nSPS) is 12.5. The molecule has 0 aliphatic rings. The highest BCUT2D eigenvalue weighted by molar-refractivity contribution is 7.93. The fourth-order valence-electron chi connectivity index (χ4n) is 1.06. The second-order valence-electron chi connectivity index (χ2n) is 3.34. The topological polar surface area (TPSA) is 113 Å². The van der Waals surface area contributed by atoms with Gasteiger partial charge in [0.25, 0.3) is 5.69 Å². The van der Waals surface area contributed by atoms with Crippen LogP contribution >= 0.6 is 11.6 Å². The minimum atomic E-state index is -4.01. The number of nitro benzene ring substituents is 1. The first kappa shape index (κ1) is 14.2. The van der Waals surface area contributed by atoms with Gasteiger partial charge in [0, 0.05) is 11.1 Å². The van der Waals surface area contributed by atoms with Crippen molar-refractivity contribution in [2.24, 2.45) is 0 Å². The van der Waals surface area contributed by atoms with E-state index in [0.29, 0.717) is 0 Å². The van der Waals surface area contributed by atoms with Crippen molar-refractivity contribution in [1.82, 2.24) is 0 Å². The molecule has 1 atom stereocenters. The molecule has 0 radical (unpaired) electrons. The zero-order chi connectivity index (χ0) is 13.9. The van der Waals surface area contributed by atoms with Crippen LogP contribution in [0.5, 0.6) is 0 Å². The first-order valence-corrected chi connectivity index (χ1v) is 6.55. The molecular formula is C9H8ClN3O4S. The molecule has 0 saturated heterocycles. The van der Waals surface area contributed by atoms with Gasteiger partial charge in [-0.25, -0.2) is 8.42 Å². The maximum absolute atomic E-state index is 11.6. The highest BCUT2D eigenvalue weighted by Crippen LogP contribution is 2.28. The van der Waals surface area contributed by atoms with Gasteiger partial charge in [0.1, 0.15) is 5.69 Å². The number of nitrogens with zero attached hydrogens (tertiary/aromatic N) is 2. The molecule has 7 nitrogen and oxygen atoms in total. The summed E-state index contributed by atoms with van der Waals surface area (Å²) in [5.74, 6) is 0. The smallest absolute Gasteiger partial charge is 0.276 e. The minimum absolute atomic E-state index is 0.142. The van der Waals surface area contributed by atoms with E-state index in [9.17, 15) is 18.5 Å². The summed E-state index contributed by atoms with van der Waals surface area (Å²) in [6, 6.07) is 5.00.